The molecule has 1 N–H and O–H groups in total. The lowest BCUT2D eigenvalue weighted by Crippen LogP contribution is -2.37. The second-order valence-electron chi connectivity index (χ2n) is 6.24. The number of nitrogens with one attached hydrogen (secondary N) is 1. The van der Waals surface area contributed by atoms with Crippen LogP contribution in [0.1, 0.15) is 6.92 Å². The zero-order chi connectivity index (χ0) is 18.1. The van der Waals surface area contributed by atoms with Gasteiger partial charge in [-0.3, -0.25) is 9.48 Å². The predicted molar refractivity (Wildman–Crippen MR) is 99.1 cm³/mol. The molecule has 0 aliphatic carbocycles. The highest BCUT2D eigenvalue weighted by Gasteiger charge is 2.20. The number of carbonyl (C=O) groups excluding carboxylic acids is 1. The van der Waals surface area contributed by atoms with E-state index in [0.717, 1.165) is 41.2 Å². The molecule has 8 heteroatoms. The summed E-state index contributed by atoms with van der Waals surface area (Å²) < 4.78 is 7.21. The SMILES string of the molecule is CC(=O)Nc1cccc(-c2nc(N3CCOCC3)c3cnn(C)c3n2)c1. The number of aryl methyl sites for hydroxylation is 1. The van der Waals surface area contributed by atoms with Crippen LogP contribution in [-0.4, -0.2) is 52.0 Å². The highest BCUT2D eigenvalue weighted by atomic mass is 16.5. The summed E-state index contributed by atoms with van der Waals surface area (Å²) in [5, 5.41) is 8.07. The van der Waals surface area contributed by atoms with Crippen LogP contribution in [-0.2, 0) is 16.6 Å². The van der Waals surface area contributed by atoms with E-state index in [1.54, 1.807) is 10.9 Å². The van der Waals surface area contributed by atoms with Gasteiger partial charge in [0.15, 0.2) is 11.5 Å². The van der Waals surface area contributed by atoms with Crippen LogP contribution < -0.4 is 10.2 Å². The lowest BCUT2D eigenvalue weighted by Gasteiger charge is -2.28. The number of hydrogen-bond donors (Lipinski definition) is 1. The van der Waals surface area contributed by atoms with E-state index in [-0.39, 0.29) is 5.91 Å². The van der Waals surface area contributed by atoms with Crippen molar-refractivity contribution >= 4 is 28.4 Å². The number of amides is 1. The Labute approximate surface area is 150 Å². The summed E-state index contributed by atoms with van der Waals surface area (Å²) in [7, 11) is 1.87. The Morgan fingerprint density at radius 3 is 2.81 bits per heavy atom. The van der Waals surface area contributed by atoms with E-state index in [2.05, 4.69) is 15.3 Å². The lowest BCUT2D eigenvalue weighted by molar-refractivity contribution is -0.114. The zero-order valence-electron chi connectivity index (χ0n) is 14.8. The van der Waals surface area contributed by atoms with Crippen LogP contribution in [0.2, 0.25) is 0 Å². The fourth-order valence-corrected chi connectivity index (χ4v) is 3.09. The van der Waals surface area contributed by atoms with E-state index in [1.807, 2.05) is 31.3 Å². The van der Waals surface area contributed by atoms with Gasteiger partial charge in [0.2, 0.25) is 5.91 Å². The van der Waals surface area contributed by atoms with Gasteiger partial charge >= 0.3 is 0 Å². The first-order valence-corrected chi connectivity index (χ1v) is 8.52. The molecule has 0 saturated carbocycles. The van der Waals surface area contributed by atoms with Crippen LogP contribution in [0.3, 0.4) is 0 Å². The maximum absolute atomic E-state index is 11.3. The fraction of sp³-hybridized carbons (Fsp3) is 0.333. The van der Waals surface area contributed by atoms with Crippen LogP contribution in [0.15, 0.2) is 30.5 Å². The third kappa shape index (κ3) is 3.11. The topological polar surface area (TPSA) is 85.2 Å². The van der Waals surface area contributed by atoms with E-state index >= 15 is 0 Å². The molecule has 1 amide bonds. The monoisotopic (exact) mass is 352 g/mol. The summed E-state index contributed by atoms with van der Waals surface area (Å²) in [5.74, 6) is 1.36. The number of anilines is 2. The van der Waals surface area contributed by atoms with Crippen molar-refractivity contribution in [1.82, 2.24) is 19.7 Å². The van der Waals surface area contributed by atoms with Gasteiger partial charge in [-0.25, -0.2) is 9.97 Å². The second kappa shape index (κ2) is 6.72. The molecule has 1 fully saturated rings. The number of ether oxygens (including phenoxy) is 1. The van der Waals surface area contributed by atoms with Gasteiger partial charge in [-0.15, -0.1) is 0 Å². The first-order valence-electron chi connectivity index (χ1n) is 8.52. The zero-order valence-corrected chi connectivity index (χ0v) is 14.8. The summed E-state index contributed by atoms with van der Waals surface area (Å²) in [6, 6.07) is 7.54. The van der Waals surface area contributed by atoms with Gasteiger partial charge in [0, 0.05) is 38.3 Å². The average molecular weight is 352 g/mol. The van der Waals surface area contributed by atoms with Crippen molar-refractivity contribution < 1.29 is 9.53 Å². The molecular formula is C18H20N6O2. The molecule has 26 heavy (non-hydrogen) atoms. The van der Waals surface area contributed by atoms with Gasteiger partial charge in [-0.05, 0) is 12.1 Å². The third-order valence-corrected chi connectivity index (χ3v) is 4.32. The smallest absolute Gasteiger partial charge is 0.221 e. The Hall–Kier alpha value is -3.00. The molecule has 4 rings (SSSR count). The van der Waals surface area contributed by atoms with Gasteiger partial charge in [0.05, 0.1) is 24.8 Å². The van der Waals surface area contributed by atoms with Crippen LogP contribution in [0.25, 0.3) is 22.4 Å². The summed E-state index contributed by atoms with van der Waals surface area (Å²) in [6.45, 7) is 4.42. The average Bonchev–Trinajstić information content (AvgIpc) is 3.02. The van der Waals surface area contributed by atoms with Crippen molar-refractivity contribution in [3.63, 3.8) is 0 Å². The minimum atomic E-state index is -0.112. The molecule has 0 radical (unpaired) electrons. The van der Waals surface area contributed by atoms with Gasteiger partial charge in [0.1, 0.15) is 5.82 Å². The van der Waals surface area contributed by atoms with Gasteiger partial charge < -0.3 is 15.0 Å². The van der Waals surface area contributed by atoms with E-state index in [9.17, 15) is 4.79 Å². The third-order valence-electron chi connectivity index (χ3n) is 4.32. The van der Waals surface area contributed by atoms with Crippen LogP contribution >= 0.6 is 0 Å². The number of carbonyl (C=O) groups is 1. The Kier molecular flexibility index (Phi) is 4.26. The van der Waals surface area contributed by atoms with E-state index in [0.29, 0.717) is 19.0 Å². The predicted octanol–water partition coefficient (Wildman–Crippen LogP) is 1.83. The molecule has 134 valence electrons. The Bertz CT molecular complexity index is 961. The standard InChI is InChI=1S/C18H20N6O2/c1-12(25)20-14-5-3-4-13(10-14)16-21-17-15(11-19-23(17)2)18(22-16)24-6-8-26-9-7-24/h3-5,10-11H,6-9H2,1-2H3,(H,20,25). The summed E-state index contributed by atoms with van der Waals surface area (Å²) in [6.07, 6.45) is 1.80. The maximum Gasteiger partial charge on any atom is 0.221 e. The summed E-state index contributed by atoms with van der Waals surface area (Å²) in [5.41, 5.74) is 2.34. The molecule has 3 heterocycles. The molecule has 3 aromatic rings. The molecule has 1 aliphatic heterocycles. The normalized spacial score (nSPS) is 14.6. The highest BCUT2D eigenvalue weighted by Crippen LogP contribution is 2.28. The quantitative estimate of drug-likeness (QED) is 0.774. The first-order chi connectivity index (χ1) is 12.6. The summed E-state index contributed by atoms with van der Waals surface area (Å²) in [4.78, 5) is 23.1. The van der Waals surface area contributed by atoms with Crippen molar-refractivity contribution in [2.24, 2.45) is 7.05 Å². The number of benzene rings is 1. The van der Waals surface area contributed by atoms with Crippen molar-refractivity contribution in [3.8, 4) is 11.4 Å². The van der Waals surface area contributed by atoms with E-state index < -0.39 is 0 Å². The Balaban J connectivity index is 1.82. The van der Waals surface area contributed by atoms with Crippen molar-refractivity contribution in [2.45, 2.75) is 6.92 Å². The molecule has 2 aromatic heterocycles. The molecule has 0 spiro atoms. The molecule has 1 aromatic carbocycles. The molecule has 1 aliphatic rings. The largest absolute Gasteiger partial charge is 0.378 e. The minimum Gasteiger partial charge on any atom is -0.378 e. The number of nitrogens with zero attached hydrogens (tertiary/aromatic N) is 5. The Morgan fingerprint density at radius 1 is 1.23 bits per heavy atom. The molecular weight excluding hydrogens is 332 g/mol. The number of hydrogen-bond acceptors (Lipinski definition) is 6. The maximum atomic E-state index is 11.3. The van der Waals surface area contributed by atoms with Gasteiger partial charge in [0.25, 0.3) is 0 Å². The van der Waals surface area contributed by atoms with Crippen molar-refractivity contribution in [2.75, 3.05) is 36.5 Å². The van der Waals surface area contributed by atoms with E-state index in [1.165, 1.54) is 6.92 Å². The molecule has 0 unspecified atom stereocenters. The second-order valence-corrected chi connectivity index (χ2v) is 6.24. The van der Waals surface area contributed by atoms with Gasteiger partial charge in [-0.1, -0.05) is 12.1 Å². The van der Waals surface area contributed by atoms with Crippen molar-refractivity contribution in [3.05, 3.63) is 30.5 Å². The van der Waals surface area contributed by atoms with E-state index in [4.69, 9.17) is 14.7 Å². The number of fused-ring (bicyclic) bond motifs is 1. The fourth-order valence-electron chi connectivity index (χ4n) is 3.09. The minimum absolute atomic E-state index is 0.112. The van der Waals surface area contributed by atoms with Crippen LogP contribution in [0.5, 0.6) is 0 Å². The van der Waals surface area contributed by atoms with Crippen molar-refractivity contribution in [1.29, 1.82) is 0 Å². The highest BCUT2D eigenvalue weighted by molar-refractivity contribution is 5.91. The van der Waals surface area contributed by atoms with Crippen LogP contribution in [0, 0.1) is 0 Å². The number of aromatic nitrogens is 4. The van der Waals surface area contributed by atoms with Crippen LogP contribution in [0.4, 0.5) is 11.5 Å². The molecule has 1 saturated heterocycles. The lowest BCUT2D eigenvalue weighted by atomic mass is 10.2. The number of rotatable bonds is 3. The summed E-state index contributed by atoms with van der Waals surface area (Å²) >= 11 is 0. The molecule has 0 bridgehead atoms. The Morgan fingerprint density at radius 2 is 2.04 bits per heavy atom. The van der Waals surface area contributed by atoms with Gasteiger partial charge in [-0.2, -0.15) is 5.10 Å². The number of morpholine rings is 1. The first kappa shape index (κ1) is 16.5. The molecule has 0 atom stereocenters. The molecule has 8 nitrogen and oxygen atoms in total.